The molecule has 0 aliphatic carbocycles. The molecule has 172 valence electrons. The van der Waals surface area contributed by atoms with Crippen LogP contribution in [0, 0.1) is 29.3 Å². The molecule has 0 radical (unpaired) electrons. The number of benzene rings is 4. The summed E-state index contributed by atoms with van der Waals surface area (Å²) >= 11 is 5.49. The Balaban J connectivity index is 1.56. The Hall–Kier alpha value is -3.22. The summed E-state index contributed by atoms with van der Waals surface area (Å²) in [7, 11) is 0. The lowest BCUT2D eigenvalue weighted by atomic mass is 9.98. The van der Waals surface area contributed by atoms with E-state index < -0.39 is 22.5 Å². The molecule has 4 aromatic rings. The third-order valence-electron chi connectivity index (χ3n) is 5.89. The summed E-state index contributed by atoms with van der Waals surface area (Å²) in [5.74, 6) is 3.02. The summed E-state index contributed by atoms with van der Waals surface area (Å²) in [6.45, 7) is 2.21. The average Bonchev–Trinajstić information content (AvgIpc) is 2.85. The molecule has 34 heavy (non-hydrogen) atoms. The summed E-state index contributed by atoms with van der Waals surface area (Å²) in [5, 5.41) is 0.615. The molecule has 0 nitrogen and oxygen atoms in total. The normalized spacial score (nSPS) is 10.9. The lowest BCUT2D eigenvalue weighted by Crippen LogP contribution is -1.90. The van der Waals surface area contributed by atoms with Crippen LogP contribution in [0.4, 0.5) is 13.2 Å². The molecular formula is C30H24ClF3. The van der Waals surface area contributed by atoms with E-state index in [-0.39, 0.29) is 11.1 Å². The first-order valence-electron chi connectivity index (χ1n) is 11.4. The van der Waals surface area contributed by atoms with E-state index in [1.54, 1.807) is 18.2 Å². The Bertz CT molecular complexity index is 1360. The van der Waals surface area contributed by atoms with Gasteiger partial charge < -0.3 is 0 Å². The Morgan fingerprint density at radius 3 is 2.15 bits per heavy atom. The SMILES string of the molecule is CCCCCCc1ccc(-c2ccc3c(F)c(C#Cc4cc(F)c(Cl)c(F)c4)ccc3c2)cc1. The van der Waals surface area contributed by atoms with Gasteiger partial charge in [0, 0.05) is 10.9 Å². The van der Waals surface area contributed by atoms with Crippen molar-refractivity contribution in [1.82, 2.24) is 0 Å². The fourth-order valence-electron chi connectivity index (χ4n) is 3.95. The zero-order chi connectivity index (χ0) is 24.1. The van der Waals surface area contributed by atoms with Gasteiger partial charge in [-0.3, -0.25) is 0 Å². The van der Waals surface area contributed by atoms with E-state index in [4.69, 9.17) is 11.6 Å². The molecule has 4 rings (SSSR count). The molecule has 0 heterocycles. The second kappa shape index (κ2) is 10.8. The van der Waals surface area contributed by atoms with Crippen LogP contribution in [0.2, 0.25) is 5.02 Å². The maximum Gasteiger partial charge on any atom is 0.146 e. The van der Waals surface area contributed by atoms with Crippen molar-refractivity contribution in [3.63, 3.8) is 0 Å². The second-order valence-electron chi connectivity index (χ2n) is 8.37. The highest BCUT2D eigenvalue weighted by Crippen LogP contribution is 2.28. The van der Waals surface area contributed by atoms with Crippen LogP contribution in [0.25, 0.3) is 21.9 Å². The van der Waals surface area contributed by atoms with Crippen LogP contribution < -0.4 is 0 Å². The molecule has 0 saturated carbocycles. The quantitative estimate of drug-likeness (QED) is 0.148. The van der Waals surface area contributed by atoms with Gasteiger partial charge in [0.1, 0.15) is 22.5 Å². The smallest absolute Gasteiger partial charge is 0.146 e. The van der Waals surface area contributed by atoms with Crippen LogP contribution in [0.1, 0.15) is 49.3 Å². The Kier molecular flexibility index (Phi) is 7.60. The summed E-state index contributed by atoms with van der Waals surface area (Å²) in [6, 6.07) is 19.6. The minimum atomic E-state index is -0.901. The lowest BCUT2D eigenvalue weighted by molar-refractivity contribution is 0.583. The number of unbranched alkanes of at least 4 members (excludes halogenated alkanes) is 3. The van der Waals surface area contributed by atoms with Gasteiger partial charge in [-0.15, -0.1) is 0 Å². The molecule has 0 atom stereocenters. The van der Waals surface area contributed by atoms with E-state index in [2.05, 4.69) is 43.0 Å². The van der Waals surface area contributed by atoms with Crippen molar-refractivity contribution in [3.05, 3.63) is 106 Å². The molecule has 0 spiro atoms. The van der Waals surface area contributed by atoms with Crippen LogP contribution in [0.15, 0.2) is 66.7 Å². The van der Waals surface area contributed by atoms with Crippen molar-refractivity contribution in [1.29, 1.82) is 0 Å². The highest BCUT2D eigenvalue weighted by molar-refractivity contribution is 6.30. The summed E-state index contributed by atoms with van der Waals surface area (Å²) in [6.07, 6.45) is 6.06. The third kappa shape index (κ3) is 5.46. The number of halogens is 4. The van der Waals surface area contributed by atoms with Gasteiger partial charge >= 0.3 is 0 Å². The minimum absolute atomic E-state index is 0.0862. The molecule has 0 fully saturated rings. The first kappa shape index (κ1) is 23.9. The van der Waals surface area contributed by atoms with Crippen LogP contribution in [0.3, 0.4) is 0 Å². The summed E-state index contributed by atoms with van der Waals surface area (Å²) in [5.41, 5.74) is 3.66. The molecule has 0 N–H and O–H groups in total. The molecule has 0 amide bonds. The maximum atomic E-state index is 15.1. The number of hydrogen-bond donors (Lipinski definition) is 0. The lowest BCUT2D eigenvalue weighted by Gasteiger charge is -2.08. The van der Waals surface area contributed by atoms with Crippen LogP contribution in [-0.2, 0) is 6.42 Å². The first-order chi connectivity index (χ1) is 16.5. The van der Waals surface area contributed by atoms with Gasteiger partial charge in [0.25, 0.3) is 0 Å². The molecule has 4 aromatic carbocycles. The first-order valence-corrected chi connectivity index (χ1v) is 11.8. The summed E-state index contributed by atoms with van der Waals surface area (Å²) < 4.78 is 42.3. The Morgan fingerprint density at radius 2 is 1.44 bits per heavy atom. The molecule has 0 saturated heterocycles. The van der Waals surface area contributed by atoms with Gasteiger partial charge in [-0.1, -0.05) is 92.1 Å². The van der Waals surface area contributed by atoms with Gasteiger partial charge in [0.05, 0.1) is 5.56 Å². The predicted octanol–water partition coefficient (Wildman–Crippen LogP) is 9.10. The van der Waals surface area contributed by atoms with Crippen molar-refractivity contribution >= 4 is 22.4 Å². The van der Waals surface area contributed by atoms with Crippen molar-refractivity contribution in [3.8, 4) is 23.0 Å². The number of aryl methyl sites for hydroxylation is 1. The van der Waals surface area contributed by atoms with Crippen molar-refractivity contribution < 1.29 is 13.2 Å². The Morgan fingerprint density at radius 1 is 0.735 bits per heavy atom. The van der Waals surface area contributed by atoms with Gasteiger partial charge in [-0.2, -0.15) is 0 Å². The monoisotopic (exact) mass is 476 g/mol. The fraction of sp³-hybridized carbons (Fsp3) is 0.200. The average molecular weight is 477 g/mol. The zero-order valence-corrected chi connectivity index (χ0v) is 19.7. The molecule has 4 heteroatoms. The number of hydrogen-bond acceptors (Lipinski definition) is 0. The van der Waals surface area contributed by atoms with E-state index in [0.29, 0.717) is 5.39 Å². The van der Waals surface area contributed by atoms with Gasteiger partial charge in [0.2, 0.25) is 0 Å². The zero-order valence-electron chi connectivity index (χ0n) is 18.9. The van der Waals surface area contributed by atoms with E-state index >= 15 is 4.39 Å². The highest BCUT2D eigenvalue weighted by atomic mass is 35.5. The second-order valence-corrected chi connectivity index (χ2v) is 8.75. The fourth-order valence-corrected chi connectivity index (χ4v) is 4.06. The standard InChI is InChI=1S/C30H24ClF3/c1-2-3-4-5-6-20-7-10-22(11-8-20)24-15-16-26-25(19-24)14-13-23(30(26)34)12-9-21-17-27(32)29(31)28(33)18-21/h7-8,10-11,13-19H,2-6H2,1H3. The molecule has 0 aliphatic heterocycles. The van der Waals surface area contributed by atoms with Crippen molar-refractivity contribution in [2.24, 2.45) is 0 Å². The van der Waals surface area contributed by atoms with Crippen LogP contribution in [0.5, 0.6) is 0 Å². The molecule has 0 aliphatic rings. The van der Waals surface area contributed by atoms with Gasteiger partial charge in [0.15, 0.2) is 0 Å². The van der Waals surface area contributed by atoms with Gasteiger partial charge in [-0.25, -0.2) is 13.2 Å². The summed E-state index contributed by atoms with van der Waals surface area (Å²) in [4.78, 5) is 0. The number of rotatable bonds is 6. The molecular weight excluding hydrogens is 453 g/mol. The topological polar surface area (TPSA) is 0 Å². The van der Waals surface area contributed by atoms with E-state index in [0.717, 1.165) is 35.1 Å². The van der Waals surface area contributed by atoms with Crippen molar-refractivity contribution in [2.45, 2.75) is 39.0 Å². The third-order valence-corrected chi connectivity index (χ3v) is 6.25. The molecule has 0 aromatic heterocycles. The molecule has 0 bridgehead atoms. The minimum Gasteiger partial charge on any atom is -0.205 e. The van der Waals surface area contributed by atoms with Gasteiger partial charge in [-0.05, 0) is 59.2 Å². The van der Waals surface area contributed by atoms with E-state index in [1.165, 1.54) is 31.2 Å². The van der Waals surface area contributed by atoms with Crippen molar-refractivity contribution in [2.75, 3.05) is 0 Å². The number of fused-ring (bicyclic) bond motifs is 1. The van der Waals surface area contributed by atoms with Crippen LogP contribution >= 0.6 is 11.6 Å². The largest absolute Gasteiger partial charge is 0.205 e. The Labute approximate surface area is 203 Å². The predicted molar refractivity (Wildman–Crippen MR) is 135 cm³/mol. The van der Waals surface area contributed by atoms with Crippen LogP contribution in [-0.4, -0.2) is 0 Å². The highest BCUT2D eigenvalue weighted by Gasteiger charge is 2.09. The maximum absolute atomic E-state index is 15.1. The van der Waals surface area contributed by atoms with E-state index in [9.17, 15) is 8.78 Å². The molecule has 0 unspecified atom stereocenters. The van der Waals surface area contributed by atoms with E-state index in [1.807, 2.05) is 12.1 Å².